The maximum Gasteiger partial charge on any atom is 0.167 e. The molecule has 1 aliphatic heterocycles. The Labute approximate surface area is 272 Å². The van der Waals surface area contributed by atoms with Crippen molar-refractivity contribution in [2.45, 2.75) is 20.3 Å². The SMILES string of the molecule is CC1CN=CC=C1/C=C/c1ccc(P(=O)(C2=CC=C(/C=C/c3ccncc3)C(C)C2)c2ccc(/C=C/c3ccncc3)cc2)cc1. The molecule has 1 aliphatic carbocycles. The van der Waals surface area contributed by atoms with Crippen molar-refractivity contribution in [3.63, 3.8) is 0 Å². The predicted molar refractivity (Wildman–Crippen MR) is 196 cm³/mol. The Morgan fingerprint density at radius 1 is 0.565 bits per heavy atom. The van der Waals surface area contributed by atoms with Crippen molar-refractivity contribution in [2.24, 2.45) is 16.8 Å². The molecule has 2 aromatic carbocycles. The minimum Gasteiger partial charge on any atom is -0.309 e. The number of pyridine rings is 2. The van der Waals surface area contributed by atoms with Gasteiger partial charge >= 0.3 is 0 Å². The third kappa shape index (κ3) is 7.30. The van der Waals surface area contributed by atoms with E-state index in [0.717, 1.165) is 51.1 Å². The molecule has 0 amide bonds. The minimum absolute atomic E-state index is 0.227. The average molecular weight is 620 g/mol. The molecular formula is C41H38N3OP. The summed E-state index contributed by atoms with van der Waals surface area (Å²) in [5.41, 5.74) is 6.82. The molecule has 0 N–H and O–H groups in total. The summed E-state index contributed by atoms with van der Waals surface area (Å²) in [4.78, 5) is 12.6. The second-order valence-electron chi connectivity index (χ2n) is 11.9. The highest BCUT2D eigenvalue weighted by molar-refractivity contribution is 7.82. The number of rotatable bonds is 9. The smallest absolute Gasteiger partial charge is 0.167 e. The van der Waals surface area contributed by atoms with E-state index in [9.17, 15) is 0 Å². The molecule has 0 spiro atoms. The summed E-state index contributed by atoms with van der Waals surface area (Å²) in [6, 6.07) is 24.4. The van der Waals surface area contributed by atoms with Gasteiger partial charge in [-0.1, -0.05) is 111 Å². The minimum atomic E-state index is -3.11. The Hall–Kier alpha value is -4.92. The summed E-state index contributed by atoms with van der Waals surface area (Å²) in [7, 11) is -3.11. The molecule has 0 fully saturated rings. The first kappa shape index (κ1) is 31.1. The average Bonchev–Trinajstić information content (AvgIpc) is 3.11. The van der Waals surface area contributed by atoms with Crippen LogP contribution in [0.25, 0.3) is 24.3 Å². The maximum atomic E-state index is 15.5. The molecule has 3 heterocycles. The highest BCUT2D eigenvalue weighted by atomic mass is 31.2. The first-order chi connectivity index (χ1) is 22.5. The summed E-state index contributed by atoms with van der Waals surface area (Å²) < 4.78 is 15.5. The van der Waals surface area contributed by atoms with Gasteiger partial charge in [0.05, 0.1) is 0 Å². The Bertz CT molecular complexity index is 1910. The molecule has 6 rings (SSSR count). The highest BCUT2D eigenvalue weighted by Crippen LogP contribution is 2.55. The molecule has 3 atom stereocenters. The van der Waals surface area contributed by atoms with E-state index < -0.39 is 7.14 Å². The van der Waals surface area contributed by atoms with Crippen molar-refractivity contribution in [2.75, 3.05) is 6.54 Å². The number of hydrogen-bond donors (Lipinski definition) is 0. The van der Waals surface area contributed by atoms with Crippen LogP contribution in [0.4, 0.5) is 0 Å². The third-order valence-corrected chi connectivity index (χ3v) is 11.8. The van der Waals surface area contributed by atoms with Crippen molar-refractivity contribution < 1.29 is 4.57 Å². The van der Waals surface area contributed by atoms with E-state index in [-0.39, 0.29) is 5.92 Å². The number of allylic oxidation sites excluding steroid dienone is 7. The van der Waals surface area contributed by atoms with Crippen LogP contribution in [0.15, 0.2) is 149 Å². The van der Waals surface area contributed by atoms with Gasteiger partial charge in [0.2, 0.25) is 0 Å². The molecule has 0 radical (unpaired) electrons. The quantitative estimate of drug-likeness (QED) is 0.176. The monoisotopic (exact) mass is 619 g/mol. The summed E-state index contributed by atoms with van der Waals surface area (Å²) >= 11 is 0. The molecule has 0 saturated heterocycles. The Balaban J connectivity index is 1.33. The fourth-order valence-corrected chi connectivity index (χ4v) is 8.67. The lowest BCUT2D eigenvalue weighted by molar-refractivity contribution is 0.586. The van der Waals surface area contributed by atoms with Crippen LogP contribution < -0.4 is 10.6 Å². The first-order valence-electron chi connectivity index (χ1n) is 15.8. The van der Waals surface area contributed by atoms with Crippen LogP contribution in [0, 0.1) is 11.8 Å². The lowest BCUT2D eigenvalue weighted by atomic mass is 9.92. The van der Waals surface area contributed by atoms with Gasteiger partial charge in [-0.05, 0) is 81.4 Å². The Morgan fingerprint density at radius 3 is 1.50 bits per heavy atom. The first-order valence-corrected chi connectivity index (χ1v) is 17.5. The second kappa shape index (κ2) is 14.5. The highest BCUT2D eigenvalue weighted by Gasteiger charge is 2.34. The lowest BCUT2D eigenvalue weighted by Crippen LogP contribution is -2.20. The van der Waals surface area contributed by atoms with Gasteiger partial charge in [-0.3, -0.25) is 15.0 Å². The van der Waals surface area contributed by atoms with Gasteiger partial charge in [-0.15, -0.1) is 0 Å². The number of nitrogens with zero attached hydrogens (tertiary/aromatic N) is 3. The van der Waals surface area contributed by atoms with E-state index in [1.165, 1.54) is 11.1 Å². The van der Waals surface area contributed by atoms with Crippen LogP contribution in [0.1, 0.15) is 42.5 Å². The van der Waals surface area contributed by atoms with Gasteiger partial charge < -0.3 is 4.57 Å². The molecule has 4 nitrogen and oxygen atoms in total. The van der Waals surface area contributed by atoms with E-state index in [2.05, 4.69) is 108 Å². The van der Waals surface area contributed by atoms with E-state index in [1.807, 2.05) is 54.7 Å². The van der Waals surface area contributed by atoms with E-state index in [4.69, 9.17) is 0 Å². The molecular weight excluding hydrogens is 581 g/mol. The van der Waals surface area contributed by atoms with Crippen LogP contribution in [0.2, 0.25) is 0 Å². The Morgan fingerprint density at radius 2 is 1.02 bits per heavy atom. The summed E-state index contributed by atoms with van der Waals surface area (Å²) in [6.07, 6.45) is 28.8. The zero-order valence-electron chi connectivity index (χ0n) is 26.3. The van der Waals surface area contributed by atoms with Gasteiger partial charge in [0.25, 0.3) is 0 Å². The molecule has 0 saturated carbocycles. The Kier molecular flexibility index (Phi) is 9.76. The molecule has 3 unspecified atom stereocenters. The molecule has 228 valence electrons. The summed E-state index contributed by atoms with van der Waals surface area (Å²) in [5.74, 6) is 0.631. The number of aromatic nitrogens is 2. The van der Waals surface area contributed by atoms with Gasteiger partial charge in [0, 0.05) is 54.1 Å². The maximum absolute atomic E-state index is 15.5. The lowest BCUT2D eigenvalue weighted by Gasteiger charge is -2.28. The molecule has 4 aromatic rings. The predicted octanol–water partition coefficient (Wildman–Crippen LogP) is 9.18. The molecule has 5 heteroatoms. The number of benzene rings is 2. The van der Waals surface area contributed by atoms with E-state index in [0.29, 0.717) is 5.92 Å². The molecule has 46 heavy (non-hydrogen) atoms. The topological polar surface area (TPSA) is 55.2 Å². The van der Waals surface area contributed by atoms with Crippen LogP contribution >= 0.6 is 7.14 Å². The van der Waals surface area contributed by atoms with Crippen molar-refractivity contribution >= 4 is 48.3 Å². The normalized spacial score (nSPS) is 19.7. The van der Waals surface area contributed by atoms with Gasteiger partial charge in [-0.2, -0.15) is 0 Å². The van der Waals surface area contributed by atoms with Gasteiger partial charge in [0.1, 0.15) is 0 Å². The van der Waals surface area contributed by atoms with Crippen molar-refractivity contribution in [1.29, 1.82) is 0 Å². The molecule has 2 aromatic heterocycles. The van der Waals surface area contributed by atoms with Crippen molar-refractivity contribution in [1.82, 2.24) is 9.97 Å². The van der Waals surface area contributed by atoms with Crippen molar-refractivity contribution in [3.05, 3.63) is 167 Å². The van der Waals surface area contributed by atoms with E-state index in [1.54, 1.807) is 24.8 Å². The van der Waals surface area contributed by atoms with Gasteiger partial charge in [0.15, 0.2) is 7.14 Å². The fraction of sp³-hybridized carbons (Fsp3) is 0.146. The molecule has 0 bridgehead atoms. The number of dihydropyridines is 1. The van der Waals surface area contributed by atoms with Gasteiger partial charge in [-0.25, -0.2) is 0 Å². The zero-order valence-corrected chi connectivity index (χ0v) is 27.2. The fourth-order valence-electron chi connectivity index (χ4n) is 5.75. The number of hydrogen-bond acceptors (Lipinski definition) is 4. The molecule has 2 aliphatic rings. The number of aliphatic imine (C=N–C) groups is 1. The largest absolute Gasteiger partial charge is 0.309 e. The van der Waals surface area contributed by atoms with Crippen molar-refractivity contribution in [3.8, 4) is 0 Å². The summed E-state index contributed by atoms with van der Waals surface area (Å²) in [5, 5.41) is 2.68. The summed E-state index contributed by atoms with van der Waals surface area (Å²) in [6.45, 7) is 5.23. The zero-order chi connectivity index (χ0) is 31.8. The second-order valence-corrected chi connectivity index (χ2v) is 14.7. The standard InChI is InChI=1S/C41H38N3OP/c1-31-29-41(18-13-37(31)11-6-36-21-26-43-27-22-36)46(45,39-14-7-33(8-15-39)3-4-35-19-24-42-25-20-35)40-16-9-34(10-17-40)5-12-38-23-28-44-30-32(38)2/h3-28,31-32H,29-30H2,1-2H3/b4-3+,11-6+,12-5+. The van der Waals surface area contributed by atoms with E-state index >= 15 is 4.57 Å². The third-order valence-electron chi connectivity index (χ3n) is 8.61. The van der Waals surface area contributed by atoms with Crippen LogP contribution in [0.3, 0.4) is 0 Å². The van der Waals surface area contributed by atoms with Crippen LogP contribution in [0.5, 0.6) is 0 Å². The van der Waals surface area contributed by atoms with Crippen LogP contribution in [-0.2, 0) is 4.57 Å². The van der Waals surface area contributed by atoms with Crippen LogP contribution in [-0.4, -0.2) is 22.7 Å².